The zero-order chi connectivity index (χ0) is 21.0. The second-order valence-electron chi connectivity index (χ2n) is 6.78. The van der Waals surface area contributed by atoms with Crippen LogP contribution in [-0.2, 0) is 0 Å². The summed E-state index contributed by atoms with van der Waals surface area (Å²) >= 11 is 15.5. The van der Waals surface area contributed by atoms with Crippen LogP contribution in [0.25, 0.3) is 11.0 Å². The lowest BCUT2D eigenvalue weighted by Crippen LogP contribution is -2.30. The summed E-state index contributed by atoms with van der Waals surface area (Å²) in [5.74, 6) is -0.0774. The molecule has 0 fully saturated rings. The van der Waals surface area contributed by atoms with E-state index in [0.29, 0.717) is 26.8 Å². The molecule has 0 spiro atoms. The van der Waals surface area contributed by atoms with Crippen molar-refractivity contribution in [2.75, 3.05) is 4.90 Å². The number of carbonyl (C=O) groups excluding carboxylic acids is 1. The van der Waals surface area contributed by atoms with Crippen LogP contribution in [-0.4, -0.2) is 10.9 Å². The maximum atomic E-state index is 13.5. The smallest absolute Gasteiger partial charge is 0.296 e. The van der Waals surface area contributed by atoms with Gasteiger partial charge in [-0.15, -0.1) is 0 Å². The summed E-state index contributed by atoms with van der Waals surface area (Å²) in [5, 5.41) is 1.18. The summed E-state index contributed by atoms with van der Waals surface area (Å²) in [6, 6.07) is 14.7. The Hall–Kier alpha value is -2.67. The zero-order valence-corrected chi connectivity index (χ0v) is 18.2. The molecule has 1 aliphatic heterocycles. The predicted molar refractivity (Wildman–Crippen MR) is 120 cm³/mol. The first-order chi connectivity index (χ1) is 14.4. The van der Waals surface area contributed by atoms with E-state index in [-0.39, 0.29) is 16.8 Å². The van der Waals surface area contributed by atoms with Crippen molar-refractivity contribution in [3.05, 3.63) is 102 Å². The summed E-state index contributed by atoms with van der Waals surface area (Å²) in [6.07, 6.45) is 1.46. The van der Waals surface area contributed by atoms with Gasteiger partial charge in [-0.05, 0) is 48.0 Å². The number of aromatic nitrogens is 1. The maximum absolute atomic E-state index is 13.5. The van der Waals surface area contributed by atoms with Crippen LogP contribution in [0.4, 0.5) is 5.82 Å². The molecular formula is C22H11BrCl2N2O3. The minimum absolute atomic E-state index is 0.000471. The first kappa shape index (κ1) is 19.3. The molecule has 1 amide bonds. The van der Waals surface area contributed by atoms with E-state index < -0.39 is 11.9 Å². The SMILES string of the molecule is O=C1c2oc3ccc(Cl)cc3c(=O)c2C(c2ccc(Br)cc2)N1c1ccc(Cl)cn1. The molecule has 2 aromatic heterocycles. The van der Waals surface area contributed by atoms with E-state index in [4.69, 9.17) is 27.6 Å². The second-order valence-corrected chi connectivity index (χ2v) is 8.57. The molecule has 0 aliphatic carbocycles. The van der Waals surface area contributed by atoms with Gasteiger partial charge in [0.05, 0.1) is 22.0 Å². The number of rotatable bonds is 2. The fourth-order valence-corrected chi connectivity index (χ4v) is 4.20. The average Bonchev–Trinajstić information content (AvgIpc) is 3.03. The predicted octanol–water partition coefficient (Wildman–Crippen LogP) is 6.01. The molecule has 8 heteroatoms. The first-order valence-corrected chi connectivity index (χ1v) is 10.5. The number of amides is 1. The molecule has 30 heavy (non-hydrogen) atoms. The van der Waals surface area contributed by atoms with Gasteiger partial charge in [0.25, 0.3) is 5.91 Å². The number of carbonyl (C=O) groups is 1. The molecule has 1 atom stereocenters. The van der Waals surface area contributed by atoms with E-state index in [1.807, 2.05) is 24.3 Å². The number of hydrogen-bond donors (Lipinski definition) is 0. The largest absolute Gasteiger partial charge is 0.450 e. The molecule has 4 aromatic rings. The quantitative estimate of drug-likeness (QED) is 0.337. The number of anilines is 1. The number of fused-ring (bicyclic) bond motifs is 2. The van der Waals surface area contributed by atoms with E-state index in [0.717, 1.165) is 10.0 Å². The Morgan fingerprint density at radius 2 is 1.70 bits per heavy atom. The van der Waals surface area contributed by atoms with Crippen molar-refractivity contribution in [1.82, 2.24) is 4.98 Å². The van der Waals surface area contributed by atoms with Gasteiger partial charge < -0.3 is 4.42 Å². The summed E-state index contributed by atoms with van der Waals surface area (Å²) < 4.78 is 6.77. The fraction of sp³-hybridized carbons (Fsp3) is 0.0455. The molecule has 0 saturated heterocycles. The van der Waals surface area contributed by atoms with Crippen molar-refractivity contribution in [3.8, 4) is 0 Å². The van der Waals surface area contributed by atoms with Crippen LogP contribution in [0.5, 0.6) is 0 Å². The van der Waals surface area contributed by atoms with E-state index in [1.165, 1.54) is 11.1 Å². The molecular weight excluding hydrogens is 491 g/mol. The van der Waals surface area contributed by atoms with Gasteiger partial charge in [-0.25, -0.2) is 4.98 Å². The van der Waals surface area contributed by atoms with Gasteiger partial charge >= 0.3 is 0 Å². The molecule has 5 nitrogen and oxygen atoms in total. The van der Waals surface area contributed by atoms with Crippen LogP contribution in [0.3, 0.4) is 0 Å². The van der Waals surface area contributed by atoms with Crippen molar-refractivity contribution in [1.29, 1.82) is 0 Å². The average molecular weight is 502 g/mol. The minimum Gasteiger partial charge on any atom is -0.450 e. The van der Waals surface area contributed by atoms with Gasteiger partial charge in [0, 0.05) is 15.7 Å². The van der Waals surface area contributed by atoms with Crippen molar-refractivity contribution in [3.63, 3.8) is 0 Å². The summed E-state index contributed by atoms with van der Waals surface area (Å²) in [5.41, 5.74) is 1.01. The fourth-order valence-electron chi connectivity index (χ4n) is 3.65. The molecule has 0 saturated carbocycles. The van der Waals surface area contributed by atoms with Crippen LogP contribution in [0.2, 0.25) is 10.0 Å². The Morgan fingerprint density at radius 3 is 2.40 bits per heavy atom. The van der Waals surface area contributed by atoms with Gasteiger partial charge in [-0.3, -0.25) is 14.5 Å². The van der Waals surface area contributed by atoms with Crippen LogP contribution in [0.1, 0.15) is 27.7 Å². The second kappa shape index (κ2) is 7.23. The third-order valence-electron chi connectivity index (χ3n) is 4.98. The zero-order valence-electron chi connectivity index (χ0n) is 15.1. The lowest BCUT2D eigenvalue weighted by atomic mass is 9.98. The number of nitrogens with zero attached hydrogens (tertiary/aromatic N) is 2. The van der Waals surface area contributed by atoms with Crippen molar-refractivity contribution >= 4 is 61.8 Å². The van der Waals surface area contributed by atoms with Gasteiger partial charge in [0.1, 0.15) is 11.4 Å². The highest BCUT2D eigenvalue weighted by atomic mass is 79.9. The number of hydrogen-bond acceptors (Lipinski definition) is 4. The molecule has 148 valence electrons. The van der Waals surface area contributed by atoms with Crippen molar-refractivity contribution in [2.24, 2.45) is 0 Å². The van der Waals surface area contributed by atoms with Crippen LogP contribution < -0.4 is 10.3 Å². The Bertz CT molecular complexity index is 1370. The van der Waals surface area contributed by atoms with E-state index in [9.17, 15) is 9.59 Å². The van der Waals surface area contributed by atoms with E-state index in [1.54, 1.807) is 30.3 Å². The standard InChI is InChI=1S/C22H11BrCl2N2O3/c23-12-3-1-11(2-4-12)19-18-20(28)15-9-13(24)5-7-16(15)30-21(18)22(29)27(19)17-8-6-14(25)10-26-17/h1-10,19H. The molecule has 3 heterocycles. The molecule has 0 bridgehead atoms. The van der Waals surface area contributed by atoms with Crippen LogP contribution in [0, 0.1) is 0 Å². The molecule has 2 aromatic carbocycles. The van der Waals surface area contributed by atoms with Gasteiger partial charge in [-0.2, -0.15) is 0 Å². The molecule has 5 rings (SSSR count). The van der Waals surface area contributed by atoms with Crippen LogP contribution >= 0.6 is 39.1 Å². The minimum atomic E-state index is -0.700. The highest BCUT2D eigenvalue weighted by Crippen LogP contribution is 2.41. The van der Waals surface area contributed by atoms with Gasteiger partial charge in [-0.1, -0.05) is 51.3 Å². The lowest BCUT2D eigenvalue weighted by molar-refractivity contribution is 0.0970. The first-order valence-electron chi connectivity index (χ1n) is 8.91. The topological polar surface area (TPSA) is 63.4 Å². The maximum Gasteiger partial charge on any atom is 0.296 e. The normalized spacial score (nSPS) is 15.6. The number of benzene rings is 2. The van der Waals surface area contributed by atoms with E-state index >= 15 is 0 Å². The molecule has 0 N–H and O–H groups in total. The molecule has 1 aliphatic rings. The summed E-state index contributed by atoms with van der Waals surface area (Å²) in [4.78, 5) is 32.6. The van der Waals surface area contributed by atoms with Crippen LogP contribution in [0.15, 0.2) is 74.5 Å². The number of halogens is 3. The Labute approximate surface area is 189 Å². The Balaban J connectivity index is 1.81. The Kier molecular flexibility index (Phi) is 4.65. The molecule has 1 unspecified atom stereocenters. The third kappa shape index (κ3) is 3.03. The monoisotopic (exact) mass is 500 g/mol. The van der Waals surface area contributed by atoms with Crippen molar-refractivity contribution in [2.45, 2.75) is 6.04 Å². The summed E-state index contributed by atoms with van der Waals surface area (Å²) in [7, 11) is 0. The molecule has 0 radical (unpaired) electrons. The highest BCUT2D eigenvalue weighted by Gasteiger charge is 2.44. The highest BCUT2D eigenvalue weighted by molar-refractivity contribution is 9.10. The Morgan fingerprint density at radius 1 is 0.967 bits per heavy atom. The number of pyridine rings is 1. The van der Waals surface area contributed by atoms with E-state index in [2.05, 4.69) is 20.9 Å². The van der Waals surface area contributed by atoms with Gasteiger partial charge in [0.2, 0.25) is 5.76 Å². The third-order valence-corrected chi connectivity index (χ3v) is 5.96. The van der Waals surface area contributed by atoms with Crippen molar-refractivity contribution < 1.29 is 9.21 Å². The lowest BCUT2D eigenvalue weighted by Gasteiger charge is -2.24. The van der Waals surface area contributed by atoms with Gasteiger partial charge in [0.15, 0.2) is 5.43 Å². The summed E-state index contributed by atoms with van der Waals surface area (Å²) in [6.45, 7) is 0.